The Kier molecular flexibility index (Phi) is 6.05. The van der Waals surface area contributed by atoms with Crippen LogP contribution in [0.25, 0.3) is 16.7 Å². The van der Waals surface area contributed by atoms with Gasteiger partial charge in [-0.1, -0.05) is 13.3 Å². The van der Waals surface area contributed by atoms with Gasteiger partial charge in [-0.3, -0.25) is 4.98 Å². The standard InChI is InChI=1S/C21H26N6/c1-3-4-16-11-19(21(25-14-16)18(12-22)13-23)17-5-6-20(24-15-17)27-9-7-26(2)8-10-27/h5-6,11-12,14-15H,3-4,7-10,22H2,1-2H3. The molecule has 0 amide bonds. The number of aromatic nitrogens is 2. The van der Waals surface area contributed by atoms with E-state index in [0.29, 0.717) is 11.3 Å². The highest BCUT2D eigenvalue weighted by Gasteiger charge is 2.17. The first-order valence-electron chi connectivity index (χ1n) is 9.37. The summed E-state index contributed by atoms with van der Waals surface area (Å²) in [5.74, 6) is 0.987. The van der Waals surface area contributed by atoms with Gasteiger partial charge in [-0.05, 0) is 37.2 Å². The number of hydrogen-bond acceptors (Lipinski definition) is 6. The maximum Gasteiger partial charge on any atom is 0.128 e. The predicted molar refractivity (Wildman–Crippen MR) is 109 cm³/mol. The SMILES string of the molecule is CCCc1cnc(C(C#N)=CN)c(-c2ccc(N3CCN(C)CC3)nc2)c1. The number of likely N-dealkylation sites (N-methyl/N-ethyl adjacent to an activating group) is 1. The number of pyridine rings is 2. The molecule has 2 N–H and O–H groups in total. The first kappa shape index (κ1) is 18.9. The number of hydrogen-bond donors (Lipinski definition) is 1. The van der Waals surface area contributed by atoms with Gasteiger partial charge in [0.15, 0.2) is 0 Å². The minimum atomic E-state index is 0.371. The lowest BCUT2D eigenvalue weighted by Gasteiger charge is -2.33. The third kappa shape index (κ3) is 4.26. The second-order valence-electron chi connectivity index (χ2n) is 6.88. The molecule has 0 aromatic carbocycles. The Morgan fingerprint density at radius 2 is 2.00 bits per heavy atom. The van der Waals surface area contributed by atoms with Crippen molar-refractivity contribution in [3.63, 3.8) is 0 Å². The summed E-state index contributed by atoms with van der Waals surface area (Å²) in [5.41, 5.74) is 9.61. The number of nitrogens with two attached hydrogens (primary N) is 1. The topological polar surface area (TPSA) is 82.1 Å². The van der Waals surface area contributed by atoms with Crippen LogP contribution in [0.5, 0.6) is 0 Å². The van der Waals surface area contributed by atoms with Crippen LogP contribution in [0.4, 0.5) is 5.82 Å². The molecule has 6 heteroatoms. The minimum absolute atomic E-state index is 0.371. The molecule has 3 rings (SSSR count). The van der Waals surface area contributed by atoms with Gasteiger partial charge in [0.05, 0.1) is 11.3 Å². The van der Waals surface area contributed by atoms with Gasteiger partial charge in [0.2, 0.25) is 0 Å². The molecule has 0 atom stereocenters. The van der Waals surface area contributed by atoms with Gasteiger partial charge in [0.1, 0.15) is 11.9 Å². The minimum Gasteiger partial charge on any atom is -0.403 e. The van der Waals surface area contributed by atoms with E-state index in [0.717, 1.165) is 61.5 Å². The van der Waals surface area contributed by atoms with E-state index in [4.69, 9.17) is 5.73 Å². The summed E-state index contributed by atoms with van der Waals surface area (Å²) in [7, 11) is 2.14. The zero-order valence-electron chi connectivity index (χ0n) is 16.0. The Morgan fingerprint density at radius 1 is 1.22 bits per heavy atom. The first-order valence-corrected chi connectivity index (χ1v) is 9.37. The quantitative estimate of drug-likeness (QED) is 0.824. The average molecular weight is 362 g/mol. The molecule has 0 saturated carbocycles. The number of anilines is 1. The van der Waals surface area contributed by atoms with E-state index >= 15 is 0 Å². The molecule has 0 spiro atoms. The van der Waals surface area contributed by atoms with Gasteiger partial charge in [0, 0.05) is 55.9 Å². The molecule has 3 heterocycles. The molecule has 1 aliphatic heterocycles. The maximum atomic E-state index is 9.39. The molecular formula is C21H26N6. The molecule has 27 heavy (non-hydrogen) atoms. The van der Waals surface area contributed by atoms with Crippen LogP contribution in [0, 0.1) is 11.3 Å². The summed E-state index contributed by atoms with van der Waals surface area (Å²) in [4.78, 5) is 13.8. The summed E-state index contributed by atoms with van der Waals surface area (Å²) < 4.78 is 0. The van der Waals surface area contributed by atoms with Gasteiger partial charge in [-0.2, -0.15) is 5.26 Å². The fourth-order valence-corrected chi connectivity index (χ4v) is 3.31. The zero-order chi connectivity index (χ0) is 19.2. The van der Waals surface area contributed by atoms with E-state index in [1.165, 1.54) is 6.20 Å². The Morgan fingerprint density at radius 3 is 2.59 bits per heavy atom. The molecule has 2 aromatic rings. The Balaban J connectivity index is 1.94. The second-order valence-corrected chi connectivity index (χ2v) is 6.88. The number of nitrogens with zero attached hydrogens (tertiary/aromatic N) is 5. The fourth-order valence-electron chi connectivity index (χ4n) is 3.31. The molecule has 140 valence electrons. The molecule has 0 radical (unpaired) electrons. The molecule has 0 unspecified atom stereocenters. The van der Waals surface area contributed by atoms with Crippen LogP contribution in [0.1, 0.15) is 24.6 Å². The van der Waals surface area contributed by atoms with Crippen molar-refractivity contribution in [2.75, 3.05) is 38.1 Å². The van der Waals surface area contributed by atoms with Crippen LogP contribution in [0.15, 0.2) is 36.8 Å². The highest BCUT2D eigenvalue weighted by atomic mass is 15.3. The number of rotatable bonds is 5. The van der Waals surface area contributed by atoms with Crippen molar-refractivity contribution in [1.29, 1.82) is 5.26 Å². The first-order chi connectivity index (χ1) is 13.2. The zero-order valence-corrected chi connectivity index (χ0v) is 16.0. The largest absolute Gasteiger partial charge is 0.403 e. The van der Waals surface area contributed by atoms with Gasteiger partial charge in [-0.25, -0.2) is 4.98 Å². The number of nitriles is 1. The van der Waals surface area contributed by atoms with Crippen LogP contribution in [0.2, 0.25) is 0 Å². The van der Waals surface area contributed by atoms with E-state index in [9.17, 15) is 5.26 Å². The third-order valence-corrected chi connectivity index (χ3v) is 4.91. The molecule has 1 aliphatic rings. The highest BCUT2D eigenvalue weighted by molar-refractivity contribution is 5.85. The Bertz CT molecular complexity index is 842. The number of aryl methyl sites for hydroxylation is 1. The smallest absolute Gasteiger partial charge is 0.128 e. The van der Waals surface area contributed by atoms with Crippen LogP contribution in [0.3, 0.4) is 0 Å². The van der Waals surface area contributed by atoms with E-state index in [-0.39, 0.29) is 0 Å². The lowest BCUT2D eigenvalue weighted by atomic mass is 9.98. The summed E-state index contributed by atoms with van der Waals surface area (Å²) in [6, 6.07) is 8.34. The second kappa shape index (κ2) is 8.65. The van der Waals surface area contributed by atoms with Crippen molar-refractivity contribution < 1.29 is 0 Å². The summed E-state index contributed by atoms with van der Waals surface area (Å²) in [6.07, 6.45) is 7.00. The monoisotopic (exact) mass is 362 g/mol. The van der Waals surface area contributed by atoms with Crippen LogP contribution >= 0.6 is 0 Å². The summed E-state index contributed by atoms with van der Waals surface area (Å²) in [5, 5.41) is 9.39. The molecule has 2 aromatic heterocycles. The molecule has 6 nitrogen and oxygen atoms in total. The van der Waals surface area contributed by atoms with E-state index in [2.05, 4.69) is 58.0 Å². The lowest BCUT2D eigenvalue weighted by Crippen LogP contribution is -2.44. The van der Waals surface area contributed by atoms with E-state index in [1.807, 2.05) is 12.4 Å². The van der Waals surface area contributed by atoms with Crippen molar-refractivity contribution in [2.45, 2.75) is 19.8 Å². The van der Waals surface area contributed by atoms with Crippen molar-refractivity contribution in [3.8, 4) is 17.2 Å². The lowest BCUT2D eigenvalue weighted by molar-refractivity contribution is 0.312. The van der Waals surface area contributed by atoms with Crippen molar-refractivity contribution in [2.24, 2.45) is 5.73 Å². The van der Waals surface area contributed by atoms with Gasteiger partial charge >= 0.3 is 0 Å². The third-order valence-electron chi connectivity index (χ3n) is 4.91. The normalized spacial score (nSPS) is 15.6. The molecule has 1 fully saturated rings. The van der Waals surface area contributed by atoms with Gasteiger partial charge in [-0.15, -0.1) is 0 Å². The van der Waals surface area contributed by atoms with E-state index in [1.54, 1.807) is 0 Å². The number of allylic oxidation sites excluding steroid dienone is 1. The maximum absolute atomic E-state index is 9.39. The van der Waals surface area contributed by atoms with Crippen molar-refractivity contribution >= 4 is 11.4 Å². The molecular weight excluding hydrogens is 336 g/mol. The Hall–Kier alpha value is -2.91. The molecule has 1 saturated heterocycles. The van der Waals surface area contributed by atoms with Crippen LogP contribution < -0.4 is 10.6 Å². The summed E-state index contributed by atoms with van der Waals surface area (Å²) >= 11 is 0. The predicted octanol–water partition coefficient (Wildman–Crippen LogP) is 2.67. The van der Waals surface area contributed by atoms with Gasteiger partial charge in [0.25, 0.3) is 0 Å². The molecule has 0 bridgehead atoms. The van der Waals surface area contributed by atoms with Crippen molar-refractivity contribution in [3.05, 3.63) is 48.1 Å². The number of piperazine rings is 1. The highest BCUT2D eigenvalue weighted by Crippen LogP contribution is 2.29. The van der Waals surface area contributed by atoms with Crippen LogP contribution in [-0.4, -0.2) is 48.1 Å². The Labute approximate surface area is 160 Å². The van der Waals surface area contributed by atoms with Gasteiger partial charge < -0.3 is 15.5 Å². The fraction of sp³-hybridized carbons (Fsp3) is 0.381. The van der Waals surface area contributed by atoms with Crippen molar-refractivity contribution in [1.82, 2.24) is 14.9 Å². The van der Waals surface area contributed by atoms with Crippen LogP contribution in [-0.2, 0) is 6.42 Å². The summed E-state index contributed by atoms with van der Waals surface area (Å²) in [6.45, 7) is 6.19. The average Bonchev–Trinajstić information content (AvgIpc) is 2.71. The molecule has 0 aliphatic carbocycles. The van der Waals surface area contributed by atoms with E-state index < -0.39 is 0 Å².